The Bertz CT molecular complexity index is 330. The summed E-state index contributed by atoms with van der Waals surface area (Å²) in [5.41, 5.74) is 6.59. The molecule has 0 fully saturated rings. The van der Waals surface area contributed by atoms with Crippen LogP contribution < -0.4 is 5.73 Å². The number of halogens is 1. The van der Waals surface area contributed by atoms with E-state index in [2.05, 4.69) is 0 Å². The van der Waals surface area contributed by atoms with Crippen LogP contribution in [0.25, 0.3) is 0 Å². The molecule has 0 saturated heterocycles. The van der Waals surface area contributed by atoms with Gasteiger partial charge in [0.1, 0.15) is 5.75 Å². The van der Waals surface area contributed by atoms with Crippen molar-refractivity contribution in [2.24, 2.45) is 5.73 Å². The zero-order valence-corrected chi connectivity index (χ0v) is 9.41. The van der Waals surface area contributed by atoms with E-state index < -0.39 is 12.1 Å². The van der Waals surface area contributed by atoms with Gasteiger partial charge in [-0.15, -0.1) is 0 Å². The number of benzene rings is 1. The van der Waals surface area contributed by atoms with Gasteiger partial charge in [-0.3, -0.25) is 0 Å². The van der Waals surface area contributed by atoms with Crippen LogP contribution in [-0.2, 0) is 0 Å². The number of nitrogens with two attached hydrogens (primary N) is 1. The smallest absolute Gasteiger partial charge is 0.134 e. The molecule has 0 bridgehead atoms. The van der Waals surface area contributed by atoms with Gasteiger partial charge in [-0.1, -0.05) is 31.0 Å². The first-order valence-electron chi connectivity index (χ1n) is 4.98. The van der Waals surface area contributed by atoms with Crippen LogP contribution in [0.3, 0.4) is 0 Å². The molecular formula is C11H16ClNO2. The standard InChI is InChI=1S/C11H16ClNO2/c1-2-3-10(15)11(13)7-4-5-9(14)8(12)6-7/h4-6,10-11,14-15H,2-3,13H2,1H3/t10-,11+/m0/s1. The van der Waals surface area contributed by atoms with E-state index in [1.807, 2.05) is 6.92 Å². The molecule has 0 saturated carbocycles. The minimum atomic E-state index is -0.574. The molecule has 0 aliphatic rings. The van der Waals surface area contributed by atoms with E-state index in [0.29, 0.717) is 6.42 Å². The summed E-state index contributed by atoms with van der Waals surface area (Å²) in [5, 5.41) is 19.2. The molecule has 0 spiro atoms. The molecule has 0 radical (unpaired) electrons. The van der Waals surface area contributed by atoms with Crippen LogP contribution in [0.15, 0.2) is 18.2 Å². The molecule has 1 aromatic rings. The zero-order chi connectivity index (χ0) is 11.4. The second-order valence-corrected chi connectivity index (χ2v) is 4.00. The third-order valence-corrected chi connectivity index (χ3v) is 2.66. The van der Waals surface area contributed by atoms with E-state index in [4.69, 9.17) is 17.3 Å². The van der Waals surface area contributed by atoms with Gasteiger partial charge >= 0.3 is 0 Å². The fourth-order valence-electron chi connectivity index (χ4n) is 1.43. The van der Waals surface area contributed by atoms with Crippen molar-refractivity contribution in [3.05, 3.63) is 28.8 Å². The van der Waals surface area contributed by atoms with Crippen LogP contribution in [0.2, 0.25) is 5.02 Å². The lowest BCUT2D eigenvalue weighted by molar-refractivity contribution is 0.134. The van der Waals surface area contributed by atoms with Crippen LogP contribution in [0.5, 0.6) is 5.75 Å². The maximum atomic E-state index is 9.70. The van der Waals surface area contributed by atoms with Gasteiger partial charge in [0, 0.05) is 0 Å². The summed E-state index contributed by atoms with van der Waals surface area (Å²) < 4.78 is 0. The summed E-state index contributed by atoms with van der Waals surface area (Å²) in [6, 6.07) is 4.28. The fourth-order valence-corrected chi connectivity index (χ4v) is 1.62. The Labute approximate surface area is 94.5 Å². The maximum absolute atomic E-state index is 9.70. The highest BCUT2D eigenvalue weighted by atomic mass is 35.5. The molecule has 1 aromatic carbocycles. The van der Waals surface area contributed by atoms with Gasteiger partial charge in [-0.05, 0) is 24.1 Å². The highest BCUT2D eigenvalue weighted by Gasteiger charge is 2.16. The van der Waals surface area contributed by atoms with E-state index in [0.717, 1.165) is 12.0 Å². The first-order chi connectivity index (χ1) is 7.06. The molecule has 1 rings (SSSR count). The minimum Gasteiger partial charge on any atom is -0.506 e. The van der Waals surface area contributed by atoms with Gasteiger partial charge in [0.25, 0.3) is 0 Å². The lowest BCUT2D eigenvalue weighted by atomic mass is 9.99. The maximum Gasteiger partial charge on any atom is 0.134 e. The largest absolute Gasteiger partial charge is 0.506 e. The number of aliphatic hydroxyl groups excluding tert-OH is 1. The Morgan fingerprint density at radius 3 is 2.67 bits per heavy atom. The minimum absolute atomic E-state index is 0.0256. The van der Waals surface area contributed by atoms with Crippen LogP contribution in [0.4, 0.5) is 0 Å². The molecule has 4 N–H and O–H groups in total. The molecule has 0 aromatic heterocycles. The van der Waals surface area contributed by atoms with Crippen LogP contribution in [0.1, 0.15) is 31.4 Å². The summed E-state index contributed by atoms with van der Waals surface area (Å²) in [4.78, 5) is 0. The number of hydrogen-bond donors (Lipinski definition) is 3. The highest BCUT2D eigenvalue weighted by molar-refractivity contribution is 6.32. The summed E-state index contributed by atoms with van der Waals surface area (Å²) in [5.74, 6) is 0.0256. The Morgan fingerprint density at radius 1 is 1.47 bits per heavy atom. The molecule has 0 heterocycles. The number of hydrogen-bond acceptors (Lipinski definition) is 3. The van der Waals surface area contributed by atoms with Gasteiger partial charge in [-0.25, -0.2) is 0 Å². The van der Waals surface area contributed by atoms with E-state index in [9.17, 15) is 10.2 Å². The molecule has 84 valence electrons. The third-order valence-electron chi connectivity index (χ3n) is 2.36. The number of aliphatic hydroxyl groups is 1. The Balaban J connectivity index is 2.81. The first-order valence-corrected chi connectivity index (χ1v) is 5.36. The predicted molar refractivity (Wildman–Crippen MR) is 61.0 cm³/mol. The van der Waals surface area contributed by atoms with Crippen LogP contribution in [-0.4, -0.2) is 16.3 Å². The Kier molecular flexibility index (Phi) is 4.39. The highest BCUT2D eigenvalue weighted by Crippen LogP contribution is 2.27. The van der Waals surface area contributed by atoms with Crippen molar-refractivity contribution in [2.75, 3.05) is 0 Å². The van der Waals surface area contributed by atoms with Gasteiger partial charge in [-0.2, -0.15) is 0 Å². The third kappa shape index (κ3) is 3.09. The normalized spacial score (nSPS) is 14.9. The number of rotatable bonds is 4. The van der Waals surface area contributed by atoms with Crippen LogP contribution in [0, 0.1) is 0 Å². The lowest BCUT2D eigenvalue weighted by Gasteiger charge is -2.18. The topological polar surface area (TPSA) is 66.5 Å². The van der Waals surface area contributed by atoms with Gasteiger partial charge in [0.2, 0.25) is 0 Å². The summed E-state index contributed by atoms with van der Waals surface area (Å²) in [7, 11) is 0. The molecule has 0 aliphatic heterocycles. The molecule has 2 atom stereocenters. The molecule has 3 nitrogen and oxygen atoms in total. The second-order valence-electron chi connectivity index (χ2n) is 3.59. The quantitative estimate of drug-likeness (QED) is 0.742. The van der Waals surface area contributed by atoms with Crippen molar-refractivity contribution in [3.8, 4) is 5.75 Å². The summed E-state index contributed by atoms with van der Waals surface area (Å²) >= 11 is 5.75. The van der Waals surface area contributed by atoms with Gasteiger partial charge in [0.05, 0.1) is 17.2 Å². The first kappa shape index (κ1) is 12.3. The number of aromatic hydroxyl groups is 1. The Morgan fingerprint density at radius 2 is 2.13 bits per heavy atom. The van der Waals surface area contributed by atoms with E-state index in [1.165, 1.54) is 6.07 Å². The average molecular weight is 230 g/mol. The van der Waals surface area contributed by atoms with Crippen LogP contribution >= 0.6 is 11.6 Å². The molecular weight excluding hydrogens is 214 g/mol. The van der Waals surface area contributed by atoms with Gasteiger partial charge in [0.15, 0.2) is 0 Å². The summed E-state index contributed by atoms with van der Waals surface area (Å²) in [6.07, 6.45) is 0.955. The van der Waals surface area contributed by atoms with E-state index in [1.54, 1.807) is 12.1 Å². The SMILES string of the molecule is CCC[C@H](O)[C@H](N)c1ccc(O)c(Cl)c1. The van der Waals surface area contributed by atoms with E-state index in [-0.39, 0.29) is 10.8 Å². The van der Waals surface area contributed by atoms with E-state index >= 15 is 0 Å². The zero-order valence-electron chi connectivity index (χ0n) is 8.65. The molecule has 4 heteroatoms. The molecule has 15 heavy (non-hydrogen) atoms. The van der Waals surface area contributed by atoms with Crippen molar-refractivity contribution in [2.45, 2.75) is 31.9 Å². The number of phenols is 1. The van der Waals surface area contributed by atoms with Crippen molar-refractivity contribution >= 4 is 11.6 Å². The Hall–Kier alpha value is -0.770. The number of phenolic OH excluding ortho intramolecular Hbond substituents is 1. The predicted octanol–water partition coefficient (Wildman–Crippen LogP) is 2.21. The molecule has 0 amide bonds. The molecule has 0 unspecified atom stereocenters. The van der Waals surface area contributed by atoms with Crippen molar-refractivity contribution in [1.29, 1.82) is 0 Å². The summed E-state index contributed by atoms with van der Waals surface area (Å²) in [6.45, 7) is 1.99. The molecule has 0 aliphatic carbocycles. The fraction of sp³-hybridized carbons (Fsp3) is 0.455. The van der Waals surface area contributed by atoms with Gasteiger partial charge < -0.3 is 15.9 Å². The monoisotopic (exact) mass is 229 g/mol. The average Bonchev–Trinajstić information content (AvgIpc) is 2.21. The lowest BCUT2D eigenvalue weighted by Crippen LogP contribution is -2.25. The second kappa shape index (κ2) is 5.35. The van der Waals surface area contributed by atoms with Crippen molar-refractivity contribution in [3.63, 3.8) is 0 Å². The van der Waals surface area contributed by atoms with Crippen molar-refractivity contribution in [1.82, 2.24) is 0 Å². The van der Waals surface area contributed by atoms with Crippen molar-refractivity contribution < 1.29 is 10.2 Å².